The number of hydrogen-bond donors (Lipinski definition) is 3. The number of nitrogens with zero attached hydrogens (tertiary/aromatic N) is 1. The number of urea groups is 1. The van der Waals surface area contributed by atoms with Crippen molar-refractivity contribution in [1.82, 2.24) is 4.98 Å². The Bertz CT molecular complexity index is 644. The van der Waals surface area contributed by atoms with Gasteiger partial charge in [-0.1, -0.05) is 6.07 Å². The van der Waals surface area contributed by atoms with E-state index in [9.17, 15) is 14.0 Å². The number of aromatic nitrogens is 1. The lowest BCUT2D eigenvalue weighted by atomic mass is 10.3. The van der Waals surface area contributed by atoms with Crippen molar-refractivity contribution in [2.75, 3.05) is 10.6 Å². The van der Waals surface area contributed by atoms with Crippen LogP contribution >= 0.6 is 0 Å². The summed E-state index contributed by atoms with van der Waals surface area (Å²) in [6, 6.07) is 8.84. The topological polar surface area (TPSA) is 91.3 Å². The van der Waals surface area contributed by atoms with Gasteiger partial charge in [0.2, 0.25) is 0 Å². The van der Waals surface area contributed by atoms with Crippen LogP contribution in [0.5, 0.6) is 0 Å². The third-order valence-corrected chi connectivity index (χ3v) is 2.31. The second kappa shape index (κ2) is 5.79. The highest BCUT2D eigenvalue weighted by Crippen LogP contribution is 2.10. The second-order valence-electron chi connectivity index (χ2n) is 3.80. The summed E-state index contributed by atoms with van der Waals surface area (Å²) in [5.41, 5.74) is 0.225. The molecule has 0 aliphatic heterocycles. The SMILES string of the molecule is O=C(Nc1ccc(F)cc1)Nc1cccc(C(=O)O)n1. The van der Waals surface area contributed by atoms with Crippen molar-refractivity contribution in [2.45, 2.75) is 0 Å². The van der Waals surface area contributed by atoms with Gasteiger partial charge in [0.05, 0.1) is 0 Å². The van der Waals surface area contributed by atoms with Gasteiger partial charge in [0, 0.05) is 5.69 Å². The predicted octanol–water partition coefficient (Wildman–Crippen LogP) is 2.56. The Morgan fingerprint density at radius 1 is 1.05 bits per heavy atom. The molecule has 1 heterocycles. The van der Waals surface area contributed by atoms with E-state index in [0.717, 1.165) is 0 Å². The average Bonchev–Trinajstić information content (AvgIpc) is 2.41. The number of rotatable bonds is 3. The van der Waals surface area contributed by atoms with Crippen LogP contribution in [0.4, 0.5) is 20.7 Å². The number of nitrogens with one attached hydrogen (secondary N) is 2. The van der Waals surface area contributed by atoms with Gasteiger partial charge in [0.15, 0.2) is 5.69 Å². The fourth-order valence-corrected chi connectivity index (χ4v) is 1.44. The highest BCUT2D eigenvalue weighted by molar-refractivity contribution is 5.99. The molecule has 0 aliphatic rings. The van der Waals surface area contributed by atoms with Crippen LogP contribution in [0.3, 0.4) is 0 Å². The summed E-state index contributed by atoms with van der Waals surface area (Å²) in [5, 5.41) is 13.6. The van der Waals surface area contributed by atoms with E-state index in [1.807, 2.05) is 0 Å². The van der Waals surface area contributed by atoms with Gasteiger partial charge in [-0.05, 0) is 36.4 Å². The Morgan fingerprint density at radius 2 is 1.75 bits per heavy atom. The van der Waals surface area contributed by atoms with Gasteiger partial charge >= 0.3 is 12.0 Å². The Kier molecular flexibility index (Phi) is 3.90. The lowest BCUT2D eigenvalue weighted by molar-refractivity contribution is 0.0690. The number of halogens is 1. The molecule has 2 aromatic rings. The fraction of sp³-hybridized carbons (Fsp3) is 0. The van der Waals surface area contributed by atoms with E-state index in [0.29, 0.717) is 5.69 Å². The van der Waals surface area contributed by atoms with Crippen molar-refractivity contribution in [3.8, 4) is 0 Å². The molecule has 1 aromatic heterocycles. The zero-order valence-electron chi connectivity index (χ0n) is 10.1. The first-order valence-corrected chi connectivity index (χ1v) is 5.58. The quantitative estimate of drug-likeness (QED) is 0.802. The molecule has 2 amide bonds. The molecule has 0 fully saturated rings. The number of amides is 2. The van der Waals surface area contributed by atoms with E-state index >= 15 is 0 Å². The number of anilines is 2. The van der Waals surface area contributed by atoms with Crippen LogP contribution in [-0.2, 0) is 0 Å². The van der Waals surface area contributed by atoms with Crippen molar-refractivity contribution in [3.05, 3.63) is 54.0 Å². The third kappa shape index (κ3) is 3.52. The number of carbonyl (C=O) groups excluding carboxylic acids is 1. The van der Waals surface area contributed by atoms with Crippen molar-refractivity contribution in [2.24, 2.45) is 0 Å². The summed E-state index contributed by atoms with van der Waals surface area (Å²) in [6.45, 7) is 0. The molecule has 102 valence electrons. The van der Waals surface area contributed by atoms with Crippen LogP contribution < -0.4 is 10.6 Å². The molecular weight excluding hydrogens is 265 g/mol. The Morgan fingerprint density at radius 3 is 2.40 bits per heavy atom. The summed E-state index contributed by atoms with van der Waals surface area (Å²) < 4.78 is 12.7. The number of carboxylic acids is 1. The van der Waals surface area contributed by atoms with Crippen LogP contribution in [-0.4, -0.2) is 22.1 Å². The minimum atomic E-state index is -1.19. The van der Waals surface area contributed by atoms with Crippen LogP contribution in [0.25, 0.3) is 0 Å². The molecule has 0 spiro atoms. The lowest BCUT2D eigenvalue weighted by Gasteiger charge is -2.07. The van der Waals surface area contributed by atoms with Crippen LogP contribution in [0.1, 0.15) is 10.5 Å². The van der Waals surface area contributed by atoms with Crippen molar-refractivity contribution >= 4 is 23.5 Å². The maximum atomic E-state index is 12.7. The van der Waals surface area contributed by atoms with E-state index in [-0.39, 0.29) is 11.5 Å². The summed E-state index contributed by atoms with van der Waals surface area (Å²) >= 11 is 0. The first-order valence-electron chi connectivity index (χ1n) is 5.58. The van der Waals surface area contributed by atoms with E-state index in [1.165, 1.54) is 42.5 Å². The van der Waals surface area contributed by atoms with E-state index in [1.54, 1.807) is 0 Å². The molecule has 0 bridgehead atoms. The normalized spacial score (nSPS) is 9.85. The monoisotopic (exact) mass is 275 g/mol. The van der Waals surface area contributed by atoms with E-state index in [4.69, 9.17) is 5.11 Å². The molecule has 0 saturated heterocycles. The molecule has 3 N–H and O–H groups in total. The number of aromatic carboxylic acids is 1. The van der Waals surface area contributed by atoms with Gasteiger partial charge in [-0.15, -0.1) is 0 Å². The van der Waals surface area contributed by atoms with Crippen molar-refractivity contribution in [3.63, 3.8) is 0 Å². The number of hydrogen-bond acceptors (Lipinski definition) is 3. The first kappa shape index (κ1) is 13.5. The van der Waals surface area contributed by atoms with Crippen LogP contribution in [0, 0.1) is 5.82 Å². The molecule has 20 heavy (non-hydrogen) atoms. The highest BCUT2D eigenvalue weighted by atomic mass is 19.1. The molecule has 1 aromatic carbocycles. The Labute approximate surface area is 113 Å². The second-order valence-corrected chi connectivity index (χ2v) is 3.80. The van der Waals surface area contributed by atoms with Gasteiger partial charge in [0.25, 0.3) is 0 Å². The largest absolute Gasteiger partial charge is 0.477 e. The van der Waals surface area contributed by atoms with Gasteiger partial charge in [0.1, 0.15) is 11.6 Å². The molecule has 0 unspecified atom stereocenters. The minimum absolute atomic E-state index is 0.101. The van der Waals surface area contributed by atoms with E-state index < -0.39 is 17.8 Å². The number of benzene rings is 1. The molecule has 0 saturated carbocycles. The van der Waals surface area contributed by atoms with Crippen LogP contribution in [0.15, 0.2) is 42.5 Å². The summed E-state index contributed by atoms with van der Waals surface area (Å²) in [4.78, 5) is 26.1. The molecule has 0 atom stereocenters. The Hall–Kier alpha value is -2.96. The smallest absolute Gasteiger partial charge is 0.354 e. The highest BCUT2D eigenvalue weighted by Gasteiger charge is 2.07. The lowest BCUT2D eigenvalue weighted by Crippen LogP contribution is -2.20. The van der Waals surface area contributed by atoms with E-state index in [2.05, 4.69) is 15.6 Å². The number of carbonyl (C=O) groups is 2. The fourth-order valence-electron chi connectivity index (χ4n) is 1.44. The van der Waals surface area contributed by atoms with Crippen LogP contribution in [0.2, 0.25) is 0 Å². The third-order valence-electron chi connectivity index (χ3n) is 2.31. The van der Waals surface area contributed by atoms with Gasteiger partial charge in [-0.25, -0.2) is 19.0 Å². The summed E-state index contributed by atoms with van der Waals surface area (Å²) in [5.74, 6) is -1.50. The zero-order chi connectivity index (χ0) is 14.5. The zero-order valence-corrected chi connectivity index (χ0v) is 10.1. The maximum absolute atomic E-state index is 12.7. The summed E-state index contributed by atoms with van der Waals surface area (Å²) in [6.07, 6.45) is 0. The predicted molar refractivity (Wildman–Crippen MR) is 70.2 cm³/mol. The molecule has 0 radical (unpaired) electrons. The summed E-state index contributed by atoms with van der Waals surface area (Å²) in [7, 11) is 0. The van der Waals surface area contributed by atoms with Gasteiger partial charge in [-0.2, -0.15) is 0 Å². The van der Waals surface area contributed by atoms with Gasteiger partial charge in [-0.3, -0.25) is 5.32 Å². The number of pyridine rings is 1. The number of carboxylic acid groups (broad SMARTS) is 1. The molecule has 7 heteroatoms. The maximum Gasteiger partial charge on any atom is 0.354 e. The molecule has 2 rings (SSSR count). The van der Waals surface area contributed by atoms with Gasteiger partial charge < -0.3 is 10.4 Å². The molecule has 0 aliphatic carbocycles. The standard InChI is InChI=1S/C13H10FN3O3/c14-8-4-6-9(7-5-8)15-13(20)17-11-3-1-2-10(16-11)12(18)19/h1-7H,(H,18,19)(H2,15,16,17,20). The molecule has 6 nitrogen and oxygen atoms in total. The molecular formula is C13H10FN3O3. The average molecular weight is 275 g/mol. The van der Waals surface area contributed by atoms with Crippen molar-refractivity contribution < 1.29 is 19.1 Å². The van der Waals surface area contributed by atoms with Crippen molar-refractivity contribution in [1.29, 1.82) is 0 Å². The first-order chi connectivity index (χ1) is 9.54. The minimum Gasteiger partial charge on any atom is -0.477 e. The Balaban J connectivity index is 2.02.